The number of carbonyl (C=O) groups is 1. The number of hydrogen-bond donors (Lipinski definition) is 1. The number of rotatable bonds is 2. The fourth-order valence-corrected chi connectivity index (χ4v) is 2.39. The first-order valence-corrected chi connectivity index (χ1v) is 6.76. The van der Waals surface area contributed by atoms with E-state index in [4.69, 9.17) is 23.2 Å². The average Bonchev–Trinajstić information content (AvgIpc) is 2.34. The Morgan fingerprint density at radius 2 is 1.94 bits per heavy atom. The van der Waals surface area contributed by atoms with Crippen LogP contribution in [0, 0.1) is 5.92 Å². The molecule has 0 spiro atoms. The lowest BCUT2D eigenvalue weighted by atomic mass is 9.96. The summed E-state index contributed by atoms with van der Waals surface area (Å²) in [4.78, 5) is 14.3. The molecule has 0 unspecified atom stereocenters. The molecule has 5 heteroatoms. The van der Waals surface area contributed by atoms with E-state index in [9.17, 15) is 4.79 Å². The Morgan fingerprint density at radius 1 is 1.28 bits per heavy atom. The standard InChI is InChI=1S/C13H16Cl2N2O/c1-17-6-4-9(5-7-17)13(18)16-10-2-3-11(14)12(15)8-10/h2-3,8-9H,4-7H2,1H3,(H,16,18). The van der Waals surface area contributed by atoms with Crippen molar-refractivity contribution < 1.29 is 4.79 Å². The molecule has 1 aromatic rings. The van der Waals surface area contributed by atoms with Gasteiger partial charge in [0.2, 0.25) is 5.91 Å². The second-order valence-electron chi connectivity index (χ2n) is 4.70. The molecule has 18 heavy (non-hydrogen) atoms. The molecule has 1 aromatic carbocycles. The van der Waals surface area contributed by atoms with E-state index >= 15 is 0 Å². The monoisotopic (exact) mass is 286 g/mol. The molecule has 1 amide bonds. The van der Waals surface area contributed by atoms with Gasteiger partial charge in [0, 0.05) is 11.6 Å². The van der Waals surface area contributed by atoms with E-state index in [1.165, 1.54) is 0 Å². The summed E-state index contributed by atoms with van der Waals surface area (Å²) in [6.07, 6.45) is 1.81. The van der Waals surface area contributed by atoms with Crippen molar-refractivity contribution in [1.29, 1.82) is 0 Å². The van der Waals surface area contributed by atoms with Crippen LogP contribution in [-0.4, -0.2) is 30.9 Å². The first-order chi connectivity index (χ1) is 8.56. The van der Waals surface area contributed by atoms with Gasteiger partial charge >= 0.3 is 0 Å². The highest BCUT2D eigenvalue weighted by Gasteiger charge is 2.23. The van der Waals surface area contributed by atoms with Gasteiger partial charge in [0.15, 0.2) is 0 Å². The Hall–Kier alpha value is -0.770. The summed E-state index contributed by atoms with van der Waals surface area (Å²) >= 11 is 11.7. The number of nitrogens with zero attached hydrogens (tertiary/aromatic N) is 1. The molecule has 0 saturated carbocycles. The number of nitrogens with one attached hydrogen (secondary N) is 1. The Kier molecular flexibility index (Phi) is 4.49. The van der Waals surface area contributed by atoms with Gasteiger partial charge in [-0.25, -0.2) is 0 Å². The van der Waals surface area contributed by atoms with E-state index in [1.807, 2.05) is 0 Å². The average molecular weight is 287 g/mol. The fourth-order valence-electron chi connectivity index (χ4n) is 2.09. The molecule has 1 aliphatic heterocycles. The molecule has 1 aliphatic rings. The van der Waals surface area contributed by atoms with Crippen LogP contribution in [0.3, 0.4) is 0 Å². The fraction of sp³-hybridized carbons (Fsp3) is 0.462. The van der Waals surface area contributed by atoms with Crippen LogP contribution in [-0.2, 0) is 4.79 Å². The van der Waals surface area contributed by atoms with Crippen LogP contribution >= 0.6 is 23.2 Å². The van der Waals surface area contributed by atoms with Crippen molar-refractivity contribution in [3.8, 4) is 0 Å². The predicted octanol–water partition coefficient (Wildman–Crippen LogP) is 3.27. The van der Waals surface area contributed by atoms with Gasteiger partial charge in [-0.1, -0.05) is 23.2 Å². The van der Waals surface area contributed by atoms with Crippen LogP contribution in [0.1, 0.15) is 12.8 Å². The highest BCUT2D eigenvalue weighted by atomic mass is 35.5. The van der Waals surface area contributed by atoms with E-state index < -0.39 is 0 Å². The molecule has 2 rings (SSSR count). The van der Waals surface area contributed by atoms with Gasteiger partial charge < -0.3 is 10.2 Å². The molecule has 98 valence electrons. The zero-order chi connectivity index (χ0) is 13.1. The maximum atomic E-state index is 12.1. The minimum atomic E-state index is 0.0708. The third-order valence-electron chi connectivity index (χ3n) is 3.28. The van der Waals surface area contributed by atoms with Crippen LogP contribution in [0.5, 0.6) is 0 Å². The molecule has 1 fully saturated rings. The molecule has 1 N–H and O–H groups in total. The van der Waals surface area contributed by atoms with E-state index in [0.717, 1.165) is 25.9 Å². The van der Waals surface area contributed by atoms with Crippen LogP contribution < -0.4 is 5.32 Å². The topological polar surface area (TPSA) is 32.3 Å². The van der Waals surface area contributed by atoms with Crippen molar-refractivity contribution in [3.05, 3.63) is 28.2 Å². The van der Waals surface area contributed by atoms with Gasteiger partial charge in [-0.15, -0.1) is 0 Å². The number of hydrogen-bond acceptors (Lipinski definition) is 2. The Bertz CT molecular complexity index is 443. The van der Waals surface area contributed by atoms with Crippen molar-refractivity contribution >= 4 is 34.8 Å². The highest BCUT2D eigenvalue weighted by molar-refractivity contribution is 6.42. The molecule has 0 atom stereocenters. The van der Waals surface area contributed by atoms with Crippen LogP contribution in [0.15, 0.2) is 18.2 Å². The summed E-state index contributed by atoms with van der Waals surface area (Å²) in [5, 5.41) is 3.84. The smallest absolute Gasteiger partial charge is 0.227 e. The summed E-state index contributed by atoms with van der Waals surface area (Å²) in [5.74, 6) is 0.164. The van der Waals surface area contributed by atoms with Gasteiger partial charge in [-0.3, -0.25) is 4.79 Å². The Morgan fingerprint density at radius 3 is 2.56 bits per heavy atom. The Balaban J connectivity index is 1.96. The summed E-state index contributed by atoms with van der Waals surface area (Å²) in [5.41, 5.74) is 0.702. The number of halogens is 2. The van der Waals surface area contributed by atoms with E-state index in [2.05, 4.69) is 17.3 Å². The predicted molar refractivity (Wildman–Crippen MR) is 75.3 cm³/mol. The molecule has 0 bridgehead atoms. The first-order valence-electron chi connectivity index (χ1n) is 6.00. The zero-order valence-corrected chi connectivity index (χ0v) is 11.8. The van der Waals surface area contributed by atoms with E-state index in [0.29, 0.717) is 15.7 Å². The third-order valence-corrected chi connectivity index (χ3v) is 4.02. The molecular weight excluding hydrogens is 271 g/mol. The third kappa shape index (κ3) is 3.37. The maximum Gasteiger partial charge on any atom is 0.227 e. The van der Waals surface area contributed by atoms with Gasteiger partial charge in [-0.05, 0) is 51.2 Å². The summed E-state index contributed by atoms with van der Waals surface area (Å²) in [6, 6.07) is 5.13. The second-order valence-corrected chi connectivity index (χ2v) is 5.51. The minimum absolute atomic E-state index is 0.0708. The molecule has 0 aromatic heterocycles. The lowest BCUT2D eigenvalue weighted by Crippen LogP contribution is -2.35. The highest BCUT2D eigenvalue weighted by Crippen LogP contribution is 2.26. The van der Waals surface area contributed by atoms with Crippen molar-refractivity contribution in [3.63, 3.8) is 0 Å². The van der Waals surface area contributed by atoms with Gasteiger partial charge in [-0.2, -0.15) is 0 Å². The lowest BCUT2D eigenvalue weighted by molar-refractivity contribution is -0.121. The van der Waals surface area contributed by atoms with Gasteiger partial charge in [0.1, 0.15) is 0 Å². The van der Waals surface area contributed by atoms with Crippen molar-refractivity contribution in [2.75, 3.05) is 25.5 Å². The second kappa shape index (κ2) is 5.91. The molecule has 1 saturated heterocycles. The number of anilines is 1. The number of likely N-dealkylation sites (tertiary alicyclic amines) is 1. The number of benzene rings is 1. The first kappa shape index (κ1) is 13.7. The summed E-state index contributed by atoms with van der Waals surface area (Å²) < 4.78 is 0. The SMILES string of the molecule is CN1CCC(C(=O)Nc2ccc(Cl)c(Cl)c2)CC1. The normalized spacial score (nSPS) is 17.7. The Labute approximate surface area is 117 Å². The lowest BCUT2D eigenvalue weighted by Gasteiger charge is -2.28. The molecule has 0 aliphatic carbocycles. The largest absolute Gasteiger partial charge is 0.326 e. The molecular formula is C13H16Cl2N2O. The van der Waals surface area contributed by atoms with Crippen LogP contribution in [0.4, 0.5) is 5.69 Å². The molecule has 0 radical (unpaired) electrons. The van der Waals surface area contributed by atoms with E-state index in [1.54, 1.807) is 18.2 Å². The van der Waals surface area contributed by atoms with Crippen molar-refractivity contribution in [2.24, 2.45) is 5.92 Å². The summed E-state index contributed by atoms with van der Waals surface area (Å²) in [7, 11) is 2.08. The number of piperidine rings is 1. The van der Waals surface area contributed by atoms with Gasteiger partial charge in [0.05, 0.1) is 10.0 Å². The summed E-state index contributed by atoms with van der Waals surface area (Å²) in [6.45, 7) is 1.94. The van der Waals surface area contributed by atoms with Gasteiger partial charge in [0.25, 0.3) is 0 Å². The molecule has 3 nitrogen and oxygen atoms in total. The quantitative estimate of drug-likeness (QED) is 0.905. The zero-order valence-electron chi connectivity index (χ0n) is 10.2. The molecule has 1 heterocycles. The number of carbonyl (C=O) groups excluding carboxylic acids is 1. The van der Waals surface area contributed by atoms with Crippen molar-refractivity contribution in [1.82, 2.24) is 4.90 Å². The minimum Gasteiger partial charge on any atom is -0.326 e. The van der Waals surface area contributed by atoms with Crippen molar-refractivity contribution in [2.45, 2.75) is 12.8 Å². The van der Waals surface area contributed by atoms with E-state index in [-0.39, 0.29) is 11.8 Å². The van der Waals surface area contributed by atoms with Crippen LogP contribution in [0.2, 0.25) is 10.0 Å². The van der Waals surface area contributed by atoms with Crippen LogP contribution in [0.25, 0.3) is 0 Å². The maximum absolute atomic E-state index is 12.1. The number of amides is 1.